The summed E-state index contributed by atoms with van der Waals surface area (Å²) in [4.78, 5) is 2.54. The fraction of sp³-hybridized carbons (Fsp3) is 0.143. The van der Waals surface area contributed by atoms with Gasteiger partial charge in [-0.3, -0.25) is 0 Å². The normalized spacial score (nSPS) is 19.0. The van der Waals surface area contributed by atoms with Gasteiger partial charge < -0.3 is 9.32 Å². The summed E-state index contributed by atoms with van der Waals surface area (Å²) in [6.45, 7) is 0. The Morgan fingerprint density at radius 2 is 1.03 bits per heavy atom. The highest BCUT2D eigenvalue weighted by atomic mass is 16.3. The lowest BCUT2D eigenvalue weighted by molar-refractivity contribution is 0.347. The van der Waals surface area contributed by atoms with Crippen LogP contribution < -0.4 is 4.90 Å². The fourth-order valence-electron chi connectivity index (χ4n) is 11.7. The number of rotatable bonds is 7. The molecule has 0 N–H and O–H groups in total. The third kappa shape index (κ3) is 4.97. The maximum absolute atomic E-state index is 6.57. The maximum Gasteiger partial charge on any atom is 0.137 e. The molecule has 278 valence electrons. The summed E-state index contributed by atoms with van der Waals surface area (Å²) in [6.07, 6.45) is 4.74. The molecule has 58 heavy (non-hydrogen) atoms. The van der Waals surface area contributed by atoms with Gasteiger partial charge in [-0.15, -0.1) is 0 Å². The second-order valence-corrected chi connectivity index (χ2v) is 16.7. The van der Waals surface area contributed by atoms with Crippen LogP contribution in [0.2, 0.25) is 0 Å². The van der Waals surface area contributed by atoms with Gasteiger partial charge in [0.2, 0.25) is 0 Å². The summed E-state index contributed by atoms with van der Waals surface area (Å²) in [6, 6.07) is 72.0. The highest BCUT2D eigenvalue weighted by Crippen LogP contribution is 2.68. The van der Waals surface area contributed by atoms with E-state index in [-0.39, 0.29) is 11.3 Å². The lowest BCUT2D eigenvalue weighted by atomic mass is 9.66. The van der Waals surface area contributed by atoms with Gasteiger partial charge in [0.1, 0.15) is 11.2 Å². The molecule has 12 rings (SSSR count). The zero-order valence-corrected chi connectivity index (χ0v) is 32.4. The highest BCUT2D eigenvalue weighted by molar-refractivity contribution is 6.06. The summed E-state index contributed by atoms with van der Waals surface area (Å²) in [5.74, 6) is 1.23. The minimum Gasteiger partial charge on any atom is -0.456 e. The van der Waals surface area contributed by atoms with Crippen LogP contribution in [0.15, 0.2) is 199 Å². The van der Waals surface area contributed by atoms with Crippen molar-refractivity contribution in [1.82, 2.24) is 0 Å². The standard InChI is InChI=1S/C56H43NO/c1-4-14-37(15-5-1)38-26-30-45(31-27-38)57(46-32-33-48-47-22-10-11-25-51(47)58-52(48)36-46)50-24-13-21-42-35-44-29-28-43-34-41-20-12-23-49(54(41)56(43,44)55(42)50)53(39-16-6-2-7-17-39)40-18-8-3-9-19-40/h1-27,30-33,36,43-44,53H,28-29,34-35H2. The SMILES string of the molecule is c1ccc(-c2ccc(N(c3ccc4c(c3)oc3ccccc34)c3cccc4c3C35c6c(cccc6C(c6ccccc6)c6ccccc6)CC3CCC5C4)cc2)cc1. The molecule has 1 spiro atoms. The molecule has 1 heterocycles. The third-order valence-electron chi connectivity index (χ3n) is 13.9. The molecule has 8 aromatic carbocycles. The van der Waals surface area contributed by atoms with E-state index in [4.69, 9.17) is 4.42 Å². The molecule has 0 amide bonds. The van der Waals surface area contributed by atoms with Crippen LogP contribution >= 0.6 is 0 Å². The van der Waals surface area contributed by atoms with Gasteiger partial charge in [-0.1, -0.05) is 152 Å². The van der Waals surface area contributed by atoms with Gasteiger partial charge in [0, 0.05) is 39.5 Å². The van der Waals surface area contributed by atoms with E-state index in [1.807, 2.05) is 0 Å². The van der Waals surface area contributed by atoms with Gasteiger partial charge in [-0.25, -0.2) is 0 Å². The number of para-hydroxylation sites is 1. The first-order valence-corrected chi connectivity index (χ1v) is 21.0. The molecule has 0 radical (unpaired) electrons. The zero-order chi connectivity index (χ0) is 38.2. The topological polar surface area (TPSA) is 16.4 Å². The summed E-state index contributed by atoms with van der Waals surface area (Å²) < 4.78 is 6.57. The first kappa shape index (κ1) is 33.5. The smallest absolute Gasteiger partial charge is 0.137 e. The van der Waals surface area contributed by atoms with Crippen molar-refractivity contribution in [3.05, 3.63) is 233 Å². The number of furan rings is 1. The summed E-state index contributed by atoms with van der Waals surface area (Å²) >= 11 is 0. The van der Waals surface area contributed by atoms with Crippen molar-refractivity contribution in [3.63, 3.8) is 0 Å². The summed E-state index contributed by atoms with van der Waals surface area (Å²) in [5, 5.41) is 2.30. The van der Waals surface area contributed by atoms with Crippen molar-refractivity contribution >= 4 is 39.0 Å². The Morgan fingerprint density at radius 3 is 1.74 bits per heavy atom. The quantitative estimate of drug-likeness (QED) is 0.151. The molecular formula is C56H43NO. The Labute approximate surface area is 340 Å². The summed E-state index contributed by atoms with van der Waals surface area (Å²) in [5.41, 5.74) is 18.1. The third-order valence-corrected chi connectivity index (χ3v) is 13.9. The van der Waals surface area contributed by atoms with E-state index >= 15 is 0 Å². The fourth-order valence-corrected chi connectivity index (χ4v) is 11.7. The Hall–Kier alpha value is -6.64. The van der Waals surface area contributed by atoms with Gasteiger partial charge in [0.05, 0.1) is 5.69 Å². The van der Waals surface area contributed by atoms with Crippen molar-refractivity contribution in [2.75, 3.05) is 4.90 Å². The molecule has 3 aliphatic rings. The van der Waals surface area contributed by atoms with E-state index in [1.165, 1.54) is 63.0 Å². The Bertz CT molecular complexity index is 2920. The largest absolute Gasteiger partial charge is 0.456 e. The zero-order valence-electron chi connectivity index (χ0n) is 32.4. The van der Waals surface area contributed by atoms with Gasteiger partial charge in [-0.2, -0.15) is 0 Å². The first-order chi connectivity index (χ1) is 28.8. The Morgan fingerprint density at radius 1 is 0.466 bits per heavy atom. The monoisotopic (exact) mass is 745 g/mol. The molecule has 0 aliphatic heterocycles. The number of fused-ring (bicyclic) bond motifs is 5. The second kappa shape index (κ2) is 13.2. The molecule has 2 heteroatoms. The molecule has 0 saturated heterocycles. The van der Waals surface area contributed by atoms with Gasteiger partial charge in [-0.05, 0) is 124 Å². The molecule has 2 nitrogen and oxygen atoms in total. The predicted molar refractivity (Wildman–Crippen MR) is 239 cm³/mol. The van der Waals surface area contributed by atoms with E-state index in [0.717, 1.165) is 46.2 Å². The molecular weight excluding hydrogens is 703 g/mol. The molecule has 1 aromatic heterocycles. The highest BCUT2D eigenvalue weighted by Gasteiger charge is 2.62. The minimum absolute atomic E-state index is 0.0919. The van der Waals surface area contributed by atoms with Crippen molar-refractivity contribution in [3.8, 4) is 11.1 Å². The van der Waals surface area contributed by atoms with E-state index in [2.05, 4.69) is 199 Å². The van der Waals surface area contributed by atoms with Crippen LogP contribution in [0.4, 0.5) is 17.1 Å². The van der Waals surface area contributed by atoms with Crippen molar-refractivity contribution in [2.45, 2.75) is 37.0 Å². The number of hydrogen-bond acceptors (Lipinski definition) is 2. The average Bonchev–Trinajstić information content (AvgIpc) is 4.02. The average molecular weight is 746 g/mol. The van der Waals surface area contributed by atoms with Crippen molar-refractivity contribution in [2.24, 2.45) is 11.8 Å². The van der Waals surface area contributed by atoms with Gasteiger partial charge in [0.15, 0.2) is 0 Å². The van der Waals surface area contributed by atoms with Crippen LogP contribution in [-0.4, -0.2) is 0 Å². The van der Waals surface area contributed by atoms with Crippen LogP contribution in [0.25, 0.3) is 33.1 Å². The molecule has 3 unspecified atom stereocenters. The lowest BCUT2D eigenvalue weighted by Crippen LogP contribution is -2.34. The Kier molecular flexibility index (Phi) is 7.63. The summed E-state index contributed by atoms with van der Waals surface area (Å²) in [7, 11) is 0. The molecule has 1 fully saturated rings. The molecule has 9 aromatic rings. The van der Waals surface area contributed by atoms with Crippen LogP contribution in [0, 0.1) is 11.8 Å². The Balaban J connectivity index is 1.10. The number of hydrogen-bond donors (Lipinski definition) is 0. The van der Waals surface area contributed by atoms with E-state index in [9.17, 15) is 0 Å². The molecule has 0 bridgehead atoms. The molecule has 3 aliphatic carbocycles. The predicted octanol–water partition coefficient (Wildman–Crippen LogP) is 14.3. The maximum atomic E-state index is 6.57. The van der Waals surface area contributed by atoms with E-state index < -0.39 is 0 Å². The lowest BCUT2D eigenvalue weighted by Gasteiger charge is -2.39. The first-order valence-electron chi connectivity index (χ1n) is 21.0. The van der Waals surface area contributed by atoms with Crippen LogP contribution in [0.1, 0.15) is 57.7 Å². The van der Waals surface area contributed by atoms with E-state index in [0.29, 0.717) is 11.8 Å². The van der Waals surface area contributed by atoms with Gasteiger partial charge in [0.25, 0.3) is 0 Å². The number of benzene rings is 8. The molecule has 3 atom stereocenters. The van der Waals surface area contributed by atoms with E-state index in [1.54, 1.807) is 5.56 Å². The van der Waals surface area contributed by atoms with Crippen LogP contribution in [-0.2, 0) is 18.3 Å². The minimum atomic E-state index is -0.0919. The van der Waals surface area contributed by atoms with Crippen LogP contribution in [0.5, 0.6) is 0 Å². The van der Waals surface area contributed by atoms with Crippen LogP contribution in [0.3, 0.4) is 0 Å². The number of nitrogens with zero attached hydrogens (tertiary/aromatic N) is 1. The van der Waals surface area contributed by atoms with Gasteiger partial charge >= 0.3 is 0 Å². The van der Waals surface area contributed by atoms with Crippen molar-refractivity contribution in [1.29, 1.82) is 0 Å². The number of anilines is 3. The molecule has 1 saturated carbocycles. The van der Waals surface area contributed by atoms with Crippen molar-refractivity contribution < 1.29 is 4.42 Å². The second-order valence-electron chi connectivity index (χ2n) is 16.7.